The molecule has 0 saturated carbocycles. The van der Waals surface area contributed by atoms with E-state index in [1.54, 1.807) is 73.8 Å². The Balaban J connectivity index is 1.71. The van der Waals surface area contributed by atoms with Crippen LogP contribution in [0.4, 0.5) is 5.69 Å². The minimum Gasteiger partial charge on any atom is -0.493 e. The number of carbonyl (C=O) groups excluding carboxylic acids is 2. The Bertz CT molecular complexity index is 1150. The minimum atomic E-state index is -0.478. The summed E-state index contributed by atoms with van der Waals surface area (Å²) < 4.78 is 10.8. The Morgan fingerprint density at radius 1 is 0.969 bits per heavy atom. The van der Waals surface area contributed by atoms with Gasteiger partial charge in [-0.05, 0) is 55.0 Å². The highest BCUT2D eigenvalue weighted by atomic mass is 35.5. The zero-order chi connectivity index (χ0) is 22.9. The number of hydrogen-bond donors (Lipinski definition) is 2. The molecule has 0 spiro atoms. The third-order valence-corrected chi connectivity index (χ3v) is 4.74. The maximum absolute atomic E-state index is 12.7. The first-order chi connectivity index (χ1) is 15.5. The number of methoxy groups -OCH3 is 1. The number of benzene rings is 3. The molecule has 2 N–H and O–H groups in total. The number of hydrogen-bond acceptors (Lipinski definition) is 5. The van der Waals surface area contributed by atoms with E-state index in [9.17, 15) is 9.59 Å². The van der Waals surface area contributed by atoms with Crippen molar-refractivity contribution >= 4 is 35.3 Å². The van der Waals surface area contributed by atoms with Gasteiger partial charge in [-0.2, -0.15) is 5.10 Å². The van der Waals surface area contributed by atoms with E-state index in [1.165, 1.54) is 6.21 Å². The molecule has 0 aromatic heterocycles. The van der Waals surface area contributed by atoms with Crippen LogP contribution in [0.5, 0.6) is 11.5 Å². The van der Waals surface area contributed by atoms with Crippen molar-refractivity contribution < 1.29 is 19.1 Å². The maximum Gasteiger partial charge on any atom is 0.273 e. The third-order valence-electron chi connectivity index (χ3n) is 4.41. The van der Waals surface area contributed by atoms with Crippen LogP contribution in [0.25, 0.3) is 0 Å². The lowest BCUT2D eigenvalue weighted by Crippen LogP contribution is -2.21. The average molecular weight is 452 g/mol. The second kappa shape index (κ2) is 11.0. The number of nitrogens with one attached hydrogen (secondary N) is 2. The van der Waals surface area contributed by atoms with Crippen LogP contribution in [-0.4, -0.2) is 31.7 Å². The zero-order valence-corrected chi connectivity index (χ0v) is 18.3. The van der Waals surface area contributed by atoms with Gasteiger partial charge in [-0.25, -0.2) is 5.43 Å². The Labute approximate surface area is 191 Å². The zero-order valence-electron chi connectivity index (χ0n) is 17.6. The SMILES string of the molecule is CCOc1ccc(/C=N/NC(=O)c2ccccc2NC(=O)c2ccccc2Cl)cc1OC. The second-order valence-corrected chi connectivity index (χ2v) is 6.93. The quantitative estimate of drug-likeness (QED) is 0.381. The molecule has 0 heterocycles. The van der Waals surface area contributed by atoms with Gasteiger partial charge in [0.1, 0.15) is 0 Å². The predicted molar refractivity (Wildman–Crippen MR) is 125 cm³/mol. The van der Waals surface area contributed by atoms with Crippen molar-refractivity contribution in [3.05, 3.63) is 88.4 Å². The van der Waals surface area contributed by atoms with Crippen LogP contribution >= 0.6 is 11.6 Å². The molecule has 0 bridgehead atoms. The van der Waals surface area contributed by atoms with Crippen molar-refractivity contribution in [1.29, 1.82) is 0 Å². The van der Waals surface area contributed by atoms with E-state index in [1.807, 2.05) is 6.92 Å². The second-order valence-electron chi connectivity index (χ2n) is 6.52. The van der Waals surface area contributed by atoms with Crippen LogP contribution in [0.2, 0.25) is 5.02 Å². The topological polar surface area (TPSA) is 89.0 Å². The number of nitrogens with zero attached hydrogens (tertiary/aromatic N) is 1. The lowest BCUT2D eigenvalue weighted by atomic mass is 10.1. The molecule has 2 amide bonds. The lowest BCUT2D eigenvalue weighted by molar-refractivity contribution is 0.0956. The maximum atomic E-state index is 12.7. The first-order valence-electron chi connectivity index (χ1n) is 9.82. The normalized spacial score (nSPS) is 10.6. The van der Waals surface area contributed by atoms with Crippen molar-refractivity contribution in [2.24, 2.45) is 5.10 Å². The molecule has 3 aromatic carbocycles. The van der Waals surface area contributed by atoms with E-state index < -0.39 is 11.8 Å². The number of para-hydroxylation sites is 1. The molecule has 0 aliphatic carbocycles. The van der Waals surface area contributed by atoms with Gasteiger partial charge in [-0.1, -0.05) is 35.9 Å². The fourth-order valence-electron chi connectivity index (χ4n) is 2.89. The van der Waals surface area contributed by atoms with Crippen LogP contribution in [0.3, 0.4) is 0 Å². The summed E-state index contributed by atoms with van der Waals surface area (Å²) in [6.45, 7) is 2.41. The summed E-state index contributed by atoms with van der Waals surface area (Å²) in [6.07, 6.45) is 1.49. The molecule has 3 aromatic rings. The van der Waals surface area contributed by atoms with Gasteiger partial charge < -0.3 is 14.8 Å². The van der Waals surface area contributed by atoms with Crippen LogP contribution < -0.4 is 20.2 Å². The van der Waals surface area contributed by atoms with E-state index in [0.29, 0.717) is 39.9 Å². The van der Waals surface area contributed by atoms with E-state index >= 15 is 0 Å². The Morgan fingerprint density at radius 2 is 1.69 bits per heavy atom. The Hall–Kier alpha value is -3.84. The van der Waals surface area contributed by atoms with Crippen LogP contribution in [0.1, 0.15) is 33.2 Å². The standard InChI is InChI=1S/C24H22ClN3O4/c1-3-32-21-13-12-16(14-22(21)31-2)15-26-28-24(30)18-9-5-7-11-20(18)27-23(29)17-8-4-6-10-19(17)25/h4-15H,3H2,1-2H3,(H,27,29)(H,28,30)/b26-15+. The van der Waals surface area contributed by atoms with Gasteiger partial charge in [-0.15, -0.1) is 0 Å². The summed E-state index contributed by atoms with van der Waals surface area (Å²) in [6, 6.07) is 18.6. The summed E-state index contributed by atoms with van der Waals surface area (Å²) in [7, 11) is 1.55. The number of amides is 2. The monoisotopic (exact) mass is 451 g/mol. The van der Waals surface area contributed by atoms with E-state index in [0.717, 1.165) is 0 Å². The largest absolute Gasteiger partial charge is 0.493 e. The molecular weight excluding hydrogens is 430 g/mol. The highest BCUT2D eigenvalue weighted by Crippen LogP contribution is 2.27. The van der Waals surface area contributed by atoms with Gasteiger partial charge in [0.25, 0.3) is 11.8 Å². The fourth-order valence-corrected chi connectivity index (χ4v) is 3.11. The number of ether oxygens (including phenoxy) is 2. The van der Waals surface area contributed by atoms with Crippen LogP contribution in [0.15, 0.2) is 71.8 Å². The number of hydrazone groups is 1. The fraction of sp³-hybridized carbons (Fsp3) is 0.125. The summed E-state index contributed by atoms with van der Waals surface area (Å²) in [5.74, 6) is 0.296. The van der Waals surface area contributed by atoms with Gasteiger partial charge in [0.15, 0.2) is 11.5 Å². The molecule has 0 fully saturated rings. The van der Waals surface area contributed by atoms with Crippen LogP contribution in [0, 0.1) is 0 Å². The summed E-state index contributed by atoms with van der Waals surface area (Å²) in [5.41, 5.74) is 4.10. The van der Waals surface area contributed by atoms with E-state index in [-0.39, 0.29) is 5.56 Å². The molecule has 7 nitrogen and oxygen atoms in total. The van der Waals surface area contributed by atoms with E-state index in [2.05, 4.69) is 15.8 Å². The number of halogens is 1. The van der Waals surface area contributed by atoms with Gasteiger partial charge in [0, 0.05) is 0 Å². The number of anilines is 1. The predicted octanol–water partition coefficient (Wildman–Crippen LogP) is 4.76. The number of rotatable bonds is 8. The summed E-state index contributed by atoms with van der Waals surface area (Å²) >= 11 is 6.09. The number of carbonyl (C=O) groups is 2. The molecule has 32 heavy (non-hydrogen) atoms. The first-order valence-corrected chi connectivity index (χ1v) is 10.2. The molecule has 164 valence electrons. The van der Waals surface area contributed by atoms with Gasteiger partial charge in [0.2, 0.25) is 0 Å². The highest BCUT2D eigenvalue weighted by molar-refractivity contribution is 6.34. The molecule has 3 rings (SSSR count). The molecule has 0 unspecified atom stereocenters. The average Bonchev–Trinajstić information content (AvgIpc) is 2.80. The van der Waals surface area contributed by atoms with Gasteiger partial charge in [-0.3, -0.25) is 9.59 Å². The van der Waals surface area contributed by atoms with Crippen molar-refractivity contribution in [3.8, 4) is 11.5 Å². The Morgan fingerprint density at radius 3 is 2.41 bits per heavy atom. The van der Waals surface area contributed by atoms with E-state index in [4.69, 9.17) is 21.1 Å². The molecule has 0 aliphatic rings. The molecule has 0 radical (unpaired) electrons. The van der Waals surface area contributed by atoms with Crippen LogP contribution in [-0.2, 0) is 0 Å². The van der Waals surface area contributed by atoms with Crippen molar-refractivity contribution in [2.75, 3.05) is 19.0 Å². The molecule has 0 saturated heterocycles. The summed E-state index contributed by atoms with van der Waals surface area (Å²) in [4.78, 5) is 25.2. The third kappa shape index (κ3) is 5.65. The first kappa shape index (κ1) is 22.8. The van der Waals surface area contributed by atoms with Crippen molar-refractivity contribution in [3.63, 3.8) is 0 Å². The molecule has 8 heteroatoms. The molecule has 0 atom stereocenters. The molecule has 0 aliphatic heterocycles. The molecular formula is C24H22ClN3O4. The summed E-state index contributed by atoms with van der Waals surface area (Å²) in [5, 5.41) is 7.05. The van der Waals surface area contributed by atoms with Gasteiger partial charge >= 0.3 is 0 Å². The lowest BCUT2D eigenvalue weighted by Gasteiger charge is -2.11. The smallest absolute Gasteiger partial charge is 0.273 e. The van der Waals surface area contributed by atoms with Crippen molar-refractivity contribution in [2.45, 2.75) is 6.92 Å². The Kier molecular flexibility index (Phi) is 7.83. The van der Waals surface area contributed by atoms with Gasteiger partial charge in [0.05, 0.1) is 41.8 Å². The van der Waals surface area contributed by atoms with Crippen molar-refractivity contribution in [1.82, 2.24) is 5.43 Å². The minimum absolute atomic E-state index is 0.259. The highest BCUT2D eigenvalue weighted by Gasteiger charge is 2.15.